The van der Waals surface area contributed by atoms with E-state index in [9.17, 15) is 18.0 Å². The van der Waals surface area contributed by atoms with Crippen molar-refractivity contribution < 1.29 is 18.0 Å². The molecule has 0 saturated heterocycles. The lowest BCUT2D eigenvalue weighted by Crippen LogP contribution is -2.12. The molecule has 0 radical (unpaired) electrons. The van der Waals surface area contributed by atoms with Crippen LogP contribution in [0.15, 0.2) is 48.7 Å². The summed E-state index contributed by atoms with van der Waals surface area (Å²) < 4.78 is 37.9. The highest BCUT2D eigenvalue weighted by atomic mass is 32.1. The smallest absolute Gasteiger partial charge is 0.298 e. The summed E-state index contributed by atoms with van der Waals surface area (Å²) in [6.07, 6.45) is -2.77. The Balaban J connectivity index is 1.84. The minimum Gasteiger partial charge on any atom is -0.298 e. The van der Waals surface area contributed by atoms with Gasteiger partial charge in [-0.05, 0) is 42.3 Å². The lowest BCUT2D eigenvalue weighted by molar-refractivity contribution is -0.137. The SMILES string of the molecule is CC(C)c1sc(NC(=O)c2ccc(C(F)(F)F)cc2)nc1-c1ccccn1. The number of benzene rings is 1. The standard InChI is InChI=1S/C19H16F3N3OS/c1-11(2)16-15(14-5-3-4-10-23-14)24-18(27-16)25-17(26)12-6-8-13(9-7-12)19(20,21)22/h3-11H,1-2H3,(H,24,25,26). The topological polar surface area (TPSA) is 54.9 Å². The Kier molecular flexibility index (Phi) is 5.27. The first-order valence-electron chi connectivity index (χ1n) is 8.16. The number of alkyl halides is 3. The number of hydrogen-bond donors (Lipinski definition) is 1. The average Bonchev–Trinajstić information content (AvgIpc) is 3.06. The van der Waals surface area contributed by atoms with Crippen LogP contribution in [0.3, 0.4) is 0 Å². The number of hydrogen-bond acceptors (Lipinski definition) is 4. The van der Waals surface area contributed by atoms with Gasteiger partial charge < -0.3 is 0 Å². The predicted molar refractivity (Wildman–Crippen MR) is 98.8 cm³/mol. The number of pyridine rings is 1. The van der Waals surface area contributed by atoms with E-state index < -0.39 is 17.6 Å². The normalized spacial score (nSPS) is 11.6. The van der Waals surface area contributed by atoms with Gasteiger partial charge in [0.05, 0.1) is 11.3 Å². The van der Waals surface area contributed by atoms with Crippen molar-refractivity contribution in [2.75, 3.05) is 5.32 Å². The van der Waals surface area contributed by atoms with Gasteiger partial charge in [0, 0.05) is 16.6 Å². The molecule has 4 nitrogen and oxygen atoms in total. The van der Waals surface area contributed by atoms with Crippen LogP contribution < -0.4 is 5.32 Å². The molecule has 0 atom stereocenters. The van der Waals surface area contributed by atoms with Gasteiger partial charge in [0.1, 0.15) is 5.69 Å². The van der Waals surface area contributed by atoms with Gasteiger partial charge in [0.15, 0.2) is 5.13 Å². The number of carbonyl (C=O) groups excluding carboxylic acids is 1. The predicted octanol–water partition coefficient (Wildman–Crippen LogP) is 5.60. The van der Waals surface area contributed by atoms with Gasteiger partial charge >= 0.3 is 6.18 Å². The molecule has 2 aromatic heterocycles. The number of nitrogens with zero attached hydrogens (tertiary/aromatic N) is 2. The van der Waals surface area contributed by atoms with Crippen molar-refractivity contribution in [3.05, 3.63) is 64.7 Å². The molecular weight excluding hydrogens is 375 g/mol. The third-order valence-corrected chi connectivity index (χ3v) is 5.05. The van der Waals surface area contributed by atoms with Gasteiger partial charge in [0.25, 0.3) is 5.91 Å². The Labute approximate surface area is 158 Å². The molecule has 1 N–H and O–H groups in total. The third kappa shape index (κ3) is 4.33. The van der Waals surface area contributed by atoms with Crippen molar-refractivity contribution in [1.29, 1.82) is 0 Å². The molecule has 0 saturated carbocycles. The molecule has 0 aliphatic rings. The average molecular weight is 391 g/mol. The van der Waals surface area contributed by atoms with Crippen LogP contribution in [-0.2, 0) is 6.18 Å². The first-order valence-corrected chi connectivity index (χ1v) is 8.98. The van der Waals surface area contributed by atoms with Crippen molar-refractivity contribution in [3.8, 4) is 11.4 Å². The molecule has 27 heavy (non-hydrogen) atoms. The second-order valence-electron chi connectivity index (χ2n) is 6.13. The van der Waals surface area contributed by atoms with E-state index in [1.165, 1.54) is 11.3 Å². The molecule has 0 unspecified atom stereocenters. The van der Waals surface area contributed by atoms with Crippen LogP contribution in [0.4, 0.5) is 18.3 Å². The van der Waals surface area contributed by atoms with Crippen LogP contribution in [0.2, 0.25) is 0 Å². The molecule has 0 bridgehead atoms. The van der Waals surface area contributed by atoms with Crippen LogP contribution in [0.5, 0.6) is 0 Å². The summed E-state index contributed by atoms with van der Waals surface area (Å²) in [5.41, 5.74) is 0.724. The molecule has 2 heterocycles. The maximum atomic E-state index is 12.6. The van der Waals surface area contributed by atoms with Crippen LogP contribution >= 0.6 is 11.3 Å². The maximum absolute atomic E-state index is 12.6. The van der Waals surface area contributed by atoms with Crippen LogP contribution in [-0.4, -0.2) is 15.9 Å². The first kappa shape index (κ1) is 19.0. The van der Waals surface area contributed by atoms with Gasteiger partial charge in [-0.1, -0.05) is 19.9 Å². The van der Waals surface area contributed by atoms with Gasteiger partial charge in [0.2, 0.25) is 0 Å². The monoisotopic (exact) mass is 391 g/mol. The van der Waals surface area contributed by atoms with Gasteiger partial charge in [-0.25, -0.2) is 4.98 Å². The van der Waals surface area contributed by atoms with Crippen molar-refractivity contribution in [1.82, 2.24) is 9.97 Å². The van der Waals surface area contributed by atoms with E-state index in [1.807, 2.05) is 26.0 Å². The summed E-state index contributed by atoms with van der Waals surface area (Å²) in [5.74, 6) is -0.337. The van der Waals surface area contributed by atoms with Crippen LogP contribution in [0, 0.1) is 0 Å². The maximum Gasteiger partial charge on any atom is 0.416 e. The number of aromatic nitrogens is 2. The summed E-state index contributed by atoms with van der Waals surface area (Å²) in [5, 5.41) is 3.04. The van der Waals surface area contributed by atoms with E-state index in [1.54, 1.807) is 12.3 Å². The van der Waals surface area contributed by atoms with Crippen molar-refractivity contribution in [2.45, 2.75) is 25.9 Å². The minimum atomic E-state index is -4.44. The van der Waals surface area contributed by atoms with E-state index in [0.717, 1.165) is 29.1 Å². The summed E-state index contributed by atoms with van der Waals surface area (Å²) in [4.78, 5) is 22.1. The fourth-order valence-electron chi connectivity index (χ4n) is 2.44. The molecule has 1 amide bonds. The number of amides is 1. The van der Waals surface area contributed by atoms with Crippen LogP contribution in [0.25, 0.3) is 11.4 Å². The van der Waals surface area contributed by atoms with Gasteiger partial charge in [-0.2, -0.15) is 13.2 Å². The van der Waals surface area contributed by atoms with E-state index in [4.69, 9.17) is 0 Å². The lowest BCUT2D eigenvalue weighted by atomic mass is 10.1. The second-order valence-corrected chi connectivity index (χ2v) is 7.16. The Morgan fingerprint density at radius 3 is 2.37 bits per heavy atom. The highest BCUT2D eigenvalue weighted by molar-refractivity contribution is 7.16. The molecule has 1 aromatic carbocycles. The van der Waals surface area contributed by atoms with Crippen molar-refractivity contribution >= 4 is 22.4 Å². The number of halogens is 3. The fourth-order valence-corrected chi connectivity index (χ4v) is 3.41. The number of rotatable bonds is 4. The first-order chi connectivity index (χ1) is 12.8. The zero-order valence-corrected chi connectivity index (χ0v) is 15.4. The molecule has 0 fully saturated rings. The Morgan fingerprint density at radius 1 is 1.11 bits per heavy atom. The van der Waals surface area contributed by atoms with Gasteiger partial charge in [-0.15, -0.1) is 11.3 Å². The number of nitrogens with one attached hydrogen (secondary N) is 1. The van der Waals surface area contributed by atoms with E-state index >= 15 is 0 Å². The molecule has 3 aromatic rings. The molecule has 0 aliphatic carbocycles. The number of carbonyl (C=O) groups is 1. The third-order valence-electron chi connectivity index (χ3n) is 3.78. The van der Waals surface area contributed by atoms with E-state index in [2.05, 4.69) is 15.3 Å². The molecule has 140 valence electrons. The summed E-state index contributed by atoms with van der Waals surface area (Å²) in [6.45, 7) is 4.03. The Morgan fingerprint density at radius 2 is 1.81 bits per heavy atom. The van der Waals surface area contributed by atoms with Crippen LogP contribution in [0.1, 0.15) is 40.6 Å². The van der Waals surface area contributed by atoms with E-state index in [0.29, 0.717) is 16.5 Å². The molecule has 8 heteroatoms. The molecule has 3 rings (SSSR count). The Bertz CT molecular complexity index is 935. The summed E-state index contributed by atoms with van der Waals surface area (Å²) >= 11 is 1.33. The van der Waals surface area contributed by atoms with Crippen molar-refractivity contribution in [3.63, 3.8) is 0 Å². The van der Waals surface area contributed by atoms with Crippen molar-refractivity contribution in [2.24, 2.45) is 0 Å². The quantitative estimate of drug-likeness (QED) is 0.630. The number of anilines is 1. The van der Waals surface area contributed by atoms with E-state index in [-0.39, 0.29) is 11.5 Å². The lowest BCUT2D eigenvalue weighted by Gasteiger charge is -2.07. The number of thiazole rings is 1. The summed E-state index contributed by atoms with van der Waals surface area (Å²) in [6, 6.07) is 9.56. The second kappa shape index (κ2) is 7.48. The summed E-state index contributed by atoms with van der Waals surface area (Å²) in [7, 11) is 0. The minimum absolute atomic E-state index is 0.128. The Hall–Kier alpha value is -2.74. The zero-order chi connectivity index (χ0) is 19.6. The van der Waals surface area contributed by atoms with Gasteiger partial charge in [-0.3, -0.25) is 15.1 Å². The molecular formula is C19H16F3N3OS. The molecule has 0 spiro atoms. The largest absolute Gasteiger partial charge is 0.416 e. The molecule has 0 aliphatic heterocycles. The fraction of sp³-hybridized carbons (Fsp3) is 0.211. The highest BCUT2D eigenvalue weighted by Gasteiger charge is 2.30. The highest BCUT2D eigenvalue weighted by Crippen LogP contribution is 2.35. The zero-order valence-electron chi connectivity index (χ0n) is 14.5.